The van der Waals surface area contributed by atoms with Gasteiger partial charge in [-0.15, -0.1) is 0 Å². The van der Waals surface area contributed by atoms with Crippen molar-refractivity contribution < 1.29 is 43.2 Å². The van der Waals surface area contributed by atoms with E-state index in [1.165, 1.54) is 14.2 Å². The molecule has 11 nitrogen and oxygen atoms in total. The standard InChI is InChI=1S/C11H19NO5.C9H15NO2.CO2/c1-15-9(13)3-6-12-11(10(14)16-2)4-7-17-8-5-11;1-7-6-10-9(8(7)11)2-4-12-5-3-9;2-1-3/h12H,3-8H2,1-2H3;10-11H,2-6H2,1H3;. The Morgan fingerprint density at radius 2 is 1.59 bits per heavy atom. The fourth-order valence-electron chi connectivity index (χ4n) is 3.89. The largest absolute Gasteiger partial charge is 0.510 e. The highest BCUT2D eigenvalue weighted by Crippen LogP contribution is 2.32. The molecule has 182 valence electrons. The molecule has 0 aromatic rings. The summed E-state index contributed by atoms with van der Waals surface area (Å²) in [6.07, 6.45) is 3.39. The molecule has 1 spiro atoms. The van der Waals surface area contributed by atoms with Crippen molar-refractivity contribution in [2.75, 3.05) is 53.7 Å². The third kappa shape index (κ3) is 7.68. The van der Waals surface area contributed by atoms with E-state index in [0.717, 1.165) is 38.2 Å². The van der Waals surface area contributed by atoms with Crippen molar-refractivity contribution in [1.82, 2.24) is 10.6 Å². The Morgan fingerprint density at radius 3 is 2.03 bits per heavy atom. The zero-order chi connectivity index (χ0) is 24.0. The molecule has 0 bridgehead atoms. The summed E-state index contributed by atoms with van der Waals surface area (Å²) in [4.78, 5) is 39.0. The SMILES string of the molecule is CC1=C(O)C2(CCOCC2)NC1.COC(=O)CCNC1(C(=O)OC)CCOCC1.O=C=O. The molecule has 32 heavy (non-hydrogen) atoms. The summed E-state index contributed by atoms with van der Waals surface area (Å²) in [5, 5.41) is 16.3. The average molecular weight is 459 g/mol. The highest BCUT2D eigenvalue weighted by molar-refractivity contribution is 5.81. The molecule has 0 unspecified atom stereocenters. The first-order chi connectivity index (χ1) is 15.3. The van der Waals surface area contributed by atoms with Crippen LogP contribution in [0.3, 0.4) is 0 Å². The summed E-state index contributed by atoms with van der Waals surface area (Å²) in [7, 11) is 2.70. The van der Waals surface area contributed by atoms with Crippen LogP contribution in [0.15, 0.2) is 11.3 Å². The van der Waals surface area contributed by atoms with Gasteiger partial charge in [-0.1, -0.05) is 0 Å². The molecule has 0 atom stereocenters. The molecule has 3 N–H and O–H groups in total. The molecule has 3 heterocycles. The quantitative estimate of drug-likeness (QED) is 0.487. The maximum absolute atomic E-state index is 11.8. The lowest BCUT2D eigenvalue weighted by atomic mass is 9.89. The molecule has 0 saturated carbocycles. The summed E-state index contributed by atoms with van der Waals surface area (Å²) in [5.74, 6) is -0.0407. The van der Waals surface area contributed by atoms with E-state index in [2.05, 4.69) is 15.4 Å². The maximum atomic E-state index is 11.8. The Bertz CT molecular complexity index is 675. The van der Waals surface area contributed by atoms with Gasteiger partial charge in [0, 0.05) is 39.5 Å². The van der Waals surface area contributed by atoms with Crippen molar-refractivity contribution in [3.8, 4) is 0 Å². The average Bonchev–Trinajstić information content (AvgIpc) is 3.08. The monoisotopic (exact) mass is 458 g/mol. The molecular formula is C21H34N2O9. The predicted molar refractivity (Wildman–Crippen MR) is 111 cm³/mol. The van der Waals surface area contributed by atoms with Gasteiger partial charge in [0.05, 0.1) is 26.2 Å². The lowest BCUT2D eigenvalue weighted by Crippen LogP contribution is -2.56. The van der Waals surface area contributed by atoms with Crippen molar-refractivity contribution in [2.24, 2.45) is 0 Å². The van der Waals surface area contributed by atoms with Gasteiger partial charge >= 0.3 is 18.1 Å². The number of hydrogen-bond donors (Lipinski definition) is 3. The van der Waals surface area contributed by atoms with Crippen LogP contribution in [-0.2, 0) is 38.1 Å². The minimum Gasteiger partial charge on any atom is -0.510 e. The molecule has 3 aliphatic heterocycles. The van der Waals surface area contributed by atoms with E-state index in [0.29, 0.717) is 38.4 Å². The van der Waals surface area contributed by atoms with Crippen molar-refractivity contribution in [3.63, 3.8) is 0 Å². The topological polar surface area (TPSA) is 149 Å². The number of ether oxygens (including phenoxy) is 4. The van der Waals surface area contributed by atoms with E-state index >= 15 is 0 Å². The molecule has 0 aliphatic carbocycles. The lowest BCUT2D eigenvalue weighted by Gasteiger charge is -2.35. The van der Waals surface area contributed by atoms with Gasteiger partial charge < -0.3 is 34.7 Å². The van der Waals surface area contributed by atoms with Crippen LogP contribution >= 0.6 is 0 Å². The first kappa shape index (κ1) is 27.7. The summed E-state index contributed by atoms with van der Waals surface area (Å²) >= 11 is 0. The third-order valence-corrected chi connectivity index (χ3v) is 5.84. The van der Waals surface area contributed by atoms with Crippen molar-refractivity contribution in [1.29, 1.82) is 0 Å². The molecule has 11 heteroatoms. The molecule has 2 fully saturated rings. The van der Waals surface area contributed by atoms with Crippen molar-refractivity contribution in [2.45, 2.75) is 50.1 Å². The molecule has 3 rings (SSSR count). The van der Waals surface area contributed by atoms with E-state index in [1.807, 2.05) is 6.92 Å². The van der Waals surface area contributed by atoms with Gasteiger partial charge in [0.1, 0.15) is 11.3 Å². The number of aliphatic hydroxyl groups excluding tert-OH is 1. The fraction of sp³-hybridized carbons (Fsp3) is 0.762. The Kier molecular flexibility index (Phi) is 12.1. The second kappa shape index (κ2) is 14.0. The molecule has 3 aliphatic rings. The summed E-state index contributed by atoms with van der Waals surface area (Å²) in [5.41, 5.74) is 0.223. The predicted octanol–water partition coefficient (Wildman–Crippen LogP) is 0.249. The van der Waals surface area contributed by atoms with Crippen LogP contribution in [0.4, 0.5) is 0 Å². The van der Waals surface area contributed by atoms with E-state index in [-0.39, 0.29) is 30.0 Å². The zero-order valence-corrected chi connectivity index (χ0v) is 19.0. The summed E-state index contributed by atoms with van der Waals surface area (Å²) < 4.78 is 19.8. The number of carbonyl (C=O) groups excluding carboxylic acids is 4. The number of esters is 2. The molecule has 0 amide bonds. The second-order valence-electron chi connectivity index (χ2n) is 7.70. The minimum atomic E-state index is -0.721. The third-order valence-electron chi connectivity index (χ3n) is 5.84. The van der Waals surface area contributed by atoms with Crippen molar-refractivity contribution in [3.05, 3.63) is 11.3 Å². The second-order valence-corrected chi connectivity index (χ2v) is 7.70. The van der Waals surface area contributed by atoms with Crippen LogP contribution in [-0.4, -0.2) is 88.0 Å². The number of aliphatic hydroxyl groups is 1. The molecule has 0 aromatic carbocycles. The van der Waals surface area contributed by atoms with Crippen LogP contribution in [0.25, 0.3) is 0 Å². The molecular weight excluding hydrogens is 424 g/mol. The number of rotatable bonds is 5. The van der Waals surface area contributed by atoms with Gasteiger partial charge in [0.25, 0.3) is 0 Å². The highest BCUT2D eigenvalue weighted by atomic mass is 16.5. The van der Waals surface area contributed by atoms with Crippen LogP contribution in [0.5, 0.6) is 0 Å². The minimum absolute atomic E-state index is 0.137. The Morgan fingerprint density at radius 1 is 1.06 bits per heavy atom. The highest BCUT2D eigenvalue weighted by Gasteiger charge is 2.41. The van der Waals surface area contributed by atoms with E-state index < -0.39 is 5.54 Å². The van der Waals surface area contributed by atoms with Gasteiger partial charge in [-0.2, -0.15) is 9.59 Å². The van der Waals surface area contributed by atoms with E-state index in [9.17, 15) is 14.7 Å². The van der Waals surface area contributed by atoms with Gasteiger partial charge in [0.15, 0.2) is 0 Å². The van der Waals surface area contributed by atoms with Crippen LogP contribution in [0.1, 0.15) is 39.0 Å². The Hall–Kier alpha value is -2.30. The van der Waals surface area contributed by atoms with Crippen LogP contribution in [0.2, 0.25) is 0 Å². The first-order valence-electron chi connectivity index (χ1n) is 10.5. The van der Waals surface area contributed by atoms with Gasteiger partial charge in [-0.3, -0.25) is 9.59 Å². The first-order valence-corrected chi connectivity index (χ1v) is 10.5. The lowest BCUT2D eigenvalue weighted by molar-refractivity contribution is -0.191. The molecule has 0 radical (unpaired) electrons. The fourth-order valence-corrected chi connectivity index (χ4v) is 3.89. The summed E-state index contributed by atoms with van der Waals surface area (Å²) in [6, 6.07) is 0. The van der Waals surface area contributed by atoms with Crippen LogP contribution < -0.4 is 10.6 Å². The number of nitrogens with one attached hydrogen (secondary N) is 2. The normalized spacial score (nSPS) is 20.7. The van der Waals surface area contributed by atoms with Gasteiger partial charge in [0.2, 0.25) is 0 Å². The Labute approximate surface area is 187 Å². The number of methoxy groups -OCH3 is 2. The maximum Gasteiger partial charge on any atom is 0.373 e. The number of hydrogen-bond acceptors (Lipinski definition) is 11. The molecule has 2 saturated heterocycles. The van der Waals surface area contributed by atoms with Crippen molar-refractivity contribution >= 4 is 18.1 Å². The summed E-state index contributed by atoms with van der Waals surface area (Å²) in [6.45, 7) is 5.73. The molecule has 0 aromatic heterocycles. The number of carbonyl (C=O) groups is 2. The zero-order valence-electron chi connectivity index (χ0n) is 19.0. The Balaban J connectivity index is 0.000000296. The van der Waals surface area contributed by atoms with E-state index in [4.69, 9.17) is 23.8 Å². The van der Waals surface area contributed by atoms with Gasteiger partial charge in [-0.05, 0) is 38.2 Å². The van der Waals surface area contributed by atoms with E-state index in [1.54, 1.807) is 0 Å². The smallest absolute Gasteiger partial charge is 0.373 e. The van der Waals surface area contributed by atoms with Crippen LogP contribution in [0, 0.1) is 0 Å². The van der Waals surface area contributed by atoms with Gasteiger partial charge in [-0.25, -0.2) is 0 Å².